The van der Waals surface area contributed by atoms with E-state index in [4.69, 9.17) is 0 Å². The summed E-state index contributed by atoms with van der Waals surface area (Å²) in [7, 11) is 0. The highest BCUT2D eigenvalue weighted by molar-refractivity contribution is 5.92. The summed E-state index contributed by atoms with van der Waals surface area (Å²) in [6.07, 6.45) is 9.21. The van der Waals surface area contributed by atoms with Crippen LogP contribution in [0.2, 0.25) is 0 Å². The highest BCUT2D eigenvalue weighted by atomic mass is 16.2. The third-order valence-corrected chi connectivity index (χ3v) is 4.33. The van der Waals surface area contributed by atoms with Crippen molar-refractivity contribution in [2.45, 2.75) is 37.6 Å². The molecule has 0 N–H and O–H groups in total. The Kier molecular flexibility index (Phi) is 3.32. The molecule has 114 valence electrons. The van der Waals surface area contributed by atoms with Gasteiger partial charge in [-0.25, -0.2) is 19.6 Å². The van der Waals surface area contributed by atoms with Gasteiger partial charge in [-0.1, -0.05) is 0 Å². The summed E-state index contributed by atoms with van der Waals surface area (Å²) in [4.78, 5) is 27.3. The first kappa shape index (κ1) is 13.4. The molecule has 2 aromatic rings. The summed E-state index contributed by atoms with van der Waals surface area (Å²) in [6.45, 7) is 1.43. The fourth-order valence-electron chi connectivity index (χ4n) is 2.95. The lowest BCUT2D eigenvalue weighted by Crippen LogP contribution is -2.41. The van der Waals surface area contributed by atoms with Gasteiger partial charge in [0.1, 0.15) is 24.2 Å². The number of carbonyl (C=O) groups is 1. The van der Waals surface area contributed by atoms with Crippen LogP contribution in [0, 0.1) is 0 Å². The average Bonchev–Trinajstić information content (AvgIpc) is 3.29. The number of hydrogen-bond acceptors (Lipinski definition) is 5. The standard InChI is InChI=1S/C15H18N6O/c22-15(13-5-6-17-14(19-13)11-3-4-11)20-7-1-2-12(8-20)21-10-16-9-18-21/h5-6,9-12H,1-4,7-8H2/t12-/m0/s1. The number of likely N-dealkylation sites (tertiary alicyclic amines) is 1. The predicted molar refractivity (Wildman–Crippen MR) is 78.2 cm³/mol. The quantitative estimate of drug-likeness (QED) is 0.856. The molecule has 0 unspecified atom stereocenters. The van der Waals surface area contributed by atoms with Gasteiger partial charge in [-0.3, -0.25) is 4.79 Å². The van der Waals surface area contributed by atoms with Crippen LogP contribution in [0.5, 0.6) is 0 Å². The molecule has 0 spiro atoms. The first-order chi connectivity index (χ1) is 10.8. The SMILES string of the molecule is O=C(c1ccnc(C2CC2)n1)N1CCC[C@H](n2cncn2)C1. The van der Waals surface area contributed by atoms with Crippen molar-refractivity contribution >= 4 is 5.91 Å². The minimum Gasteiger partial charge on any atom is -0.335 e. The highest BCUT2D eigenvalue weighted by Gasteiger charge is 2.29. The molecular weight excluding hydrogens is 280 g/mol. The Labute approximate surface area is 128 Å². The topological polar surface area (TPSA) is 76.8 Å². The molecule has 4 rings (SSSR count). The van der Waals surface area contributed by atoms with E-state index in [0.717, 1.165) is 38.1 Å². The number of carbonyl (C=O) groups excluding carboxylic acids is 1. The van der Waals surface area contributed by atoms with E-state index in [1.807, 2.05) is 9.58 Å². The van der Waals surface area contributed by atoms with Crippen LogP contribution in [0.25, 0.3) is 0 Å². The maximum Gasteiger partial charge on any atom is 0.272 e. The number of rotatable bonds is 3. The first-order valence-corrected chi connectivity index (χ1v) is 7.77. The molecule has 1 saturated heterocycles. The summed E-state index contributed by atoms with van der Waals surface area (Å²) in [5.74, 6) is 1.27. The molecule has 1 saturated carbocycles. The van der Waals surface area contributed by atoms with Crippen LogP contribution in [0.3, 0.4) is 0 Å². The number of aromatic nitrogens is 5. The van der Waals surface area contributed by atoms with Gasteiger partial charge in [0.2, 0.25) is 0 Å². The molecule has 0 bridgehead atoms. The monoisotopic (exact) mass is 298 g/mol. The second kappa shape index (κ2) is 5.47. The molecule has 3 heterocycles. The lowest BCUT2D eigenvalue weighted by Gasteiger charge is -2.32. The zero-order valence-electron chi connectivity index (χ0n) is 12.3. The highest BCUT2D eigenvalue weighted by Crippen LogP contribution is 2.37. The van der Waals surface area contributed by atoms with E-state index >= 15 is 0 Å². The fraction of sp³-hybridized carbons (Fsp3) is 0.533. The molecule has 1 aliphatic heterocycles. The van der Waals surface area contributed by atoms with Gasteiger partial charge in [-0.2, -0.15) is 5.10 Å². The van der Waals surface area contributed by atoms with Gasteiger partial charge < -0.3 is 4.90 Å². The molecule has 1 aliphatic carbocycles. The first-order valence-electron chi connectivity index (χ1n) is 7.77. The van der Waals surface area contributed by atoms with E-state index in [2.05, 4.69) is 20.1 Å². The van der Waals surface area contributed by atoms with Crippen molar-refractivity contribution in [2.75, 3.05) is 13.1 Å². The van der Waals surface area contributed by atoms with E-state index in [1.54, 1.807) is 18.6 Å². The Morgan fingerprint density at radius 1 is 1.27 bits per heavy atom. The van der Waals surface area contributed by atoms with E-state index < -0.39 is 0 Å². The van der Waals surface area contributed by atoms with Gasteiger partial charge in [-0.05, 0) is 31.7 Å². The second-order valence-corrected chi connectivity index (χ2v) is 6.00. The summed E-state index contributed by atoms with van der Waals surface area (Å²) >= 11 is 0. The third kappa shape index (κ3) is 2.58. The zero-order valence-corrected chi connectivity index (χ0v) is 12.3. The molecule has 7 heteroatoms. The van der Waals surface area contributed by atoms with Crippen LogP contribution in [-0.2, 0) is 0 Å². The van der Waals surface area contributed by atoms with Crippen molar-refractivity contribution in [1.82, 2.24) is 29.6 Å². The maximum absolute atomic E-state index is 12.7. The van der Waals surface area contributed by atoms with Gasteiger partial charge in [0.15, 0.2) is 0 Å². The lowest BCUT2D eigenvalue weighted by molar-refractivity contribution is 0.0666. The Morgan fingerprint density at radius 2 is 2.18 bits per heavy atom. The van der Waals surface area contributed by atoms with Crippen LogP contribution in [0.15, 0.2) is 24.9 Å². The molecule has 22 heavy (non-hydrogen) atoms. The van der Waals surface area contributed by atoms with Crippen molar-refractivity contribution < 1.29 is 4.79 Å². The van der Waals surface area contributed by atoms with Crippen LogP contribution in [0.1, 0.15) is 54.0 Å². The number of nitrogens with zero attached hydrogens (tertiary/aromatic N) is 6. The molecule has 1 amide bonds. The molecule has 2 fully saturated rings. The zero-order chi connectivity index (χ0) is 14.9. The summed E-state index contributed by atoms with van der Waals surface area (Å²) < 4.78 is 1.84. The molecule has 0 aromatic carbocycles. The van der Waals surface area contributed by atoms with Crippen molar-refractivity contribution in [3.63, 3.8) is 0 Å². The van der Waals surface area contributed by atoms with E-state index in [1.165, 1.54) is 6.33 Å². The lowest BCUT2D eigenvalue weighted by atomic mass is 10.1. The minimum atomic E-state index is -0.00545. The Hall–Kier alpha value is -2.31. The van der Waals surface area contributed by atoms with Crippen LogP contribution in [0.4, 0.5) is 0 Å². The van der Waals surface area contributed by atoms with Crippen LogP contribution >= 0.6 is 0 Å². The van der Waals surface area contributed by atoms with Gasteiger partial charge in [-0.15, -0.1) is 0 Å². The fourth-order valence-corrected chi connectivity index (χ4v) is 2.95. The van der Waals surface area contributed by atoms with Gasteiger partial charge in [0.25, 0.3) is 5.91 Å². The third-order valence-electron chi connectivity index (χ3n) is 4.33. The summed E-state index contributed by atoms with van der Waals surface area (Å²) in [5, 5.41) is 4.19. The Morgan fingerprint density at radius 3 is 2.95 bits per heavy atom. The largest absolute Gasteiger partial charge is 0.335 e. The molecule has 0 radical (unpaired) electrons. The molecule has 2 aliphatic rings. The summed E-state index contributed by atoms with van der Waals surface area (Å²) in [6, 6.07) is 1.91. The molecule has 1 atom stereocenters. The normalized spacial score (nSPS) is 21.8. The van der Waals surface area contributed by atoms with E-state index in [0.29, 0.717) is 18.2 Å². The van der Waals surface area contributed by atoms with Crippen LogP contribution < -0.4 is 0 Å². The minimum absolute atomic E-state index is 0.00545. The molecule has 7 nitrogen and oxygen atoms in total. The van der Waals surface area contributed by atoms with E-state index in [-0.39, 0.29) is 11.9 Å². The van der Waals surface area contributed by atoms with Crippen molar-refractivity contribution in [3.8, 4) is 0 Å². The predicted octanol–water partition coefficient (Wildman–Crippen LogP) is 1.42. The maximum atomic E-state index is 12.7. The summed E-state index contributed by atoms with van der Waals surface area (Å²) in [5.41, 5.74) is 0.510. The molecular formula is C15H18N6O. The Balaban J connectivity index is 1.51. The average molecular weight is 298 g/mol. The number of hydrogen-bond donors (Lipinski definition) is 0. The number of piperidine rings is 1. The van der Waals surface area contributed by atoms with Gasteiger partial charge in [0, 0.05) is 25.2 Å². The smallest absolute Gasteiger partial charge is 0.272 e. The molecule has 2 aromatic heterocycles. The second-order valence-electron chi connectivity index (χ2n) is 6.00. The van der Waals surface area contributed by atoms with E-state index in [9.17, 15) is 4.79 Å². The van der Waals surface area contributed by atoms with Crippen molar-refractivity contribution in [3.05, 3.63) is 36.4 Å². The van der Waals surface area contributed by atoms with Crippen molar-refractivity contribution in [1.29, 1.82) is 0 Å². The van der Waals surface area contributed by atoms with Crippen LogP contribution in [-0.4, -0.2) is 48.6 Å². The van der Waals surface area contributed by atoms with Crippen molar-refractivity contribution in [2.24, 2.45) is 0 Å². The van der Waals surface area contributed by atoms with Gasteiger partial charge in [0.05, 0.1) is 6.04 Å². The van der Waals surface area contributed by atoms with Gasteiger partial charge >= 0.3 is 0 Å². The Bertz CT molecular complexity index is 666. The number of amides is 1.